The molecular formula is C21H15ClN6OS. The zero-order valence-corrected chi connectivity index (χ0v) is 17.1. The molecule has 0 aliphatic carbocycles. The summed E-state index contributed by atoms with van der Waals surface area (Å²) in [7, 11) is 0. The summed E-state index contributed by atoms with van der Waals surface area (Å²) in [6.07, 6.45) is 5.01. The van der Waals surface area contributed by atoms with Crippen LogP contribution in [0.25, 0.3) is 16.2 Å². The molecule has 1 amide bonds. The van der Waals surface area contributed by atoms with Crippen molar-refractivity contribution < 1.29 is 4.79 Å². The van der Waals surface area contributed by atoms with Crippen molar-refractivity contribution in [3.05, 3.63) is 88.7 Å². The van der Waals surface area contributed by atoms with Gasteiger partial charge in [-0.15, -0.1) is 11.3 Å². The largest absolute Gasteiger partial charge is 0.305 e. The molecule has 5 rings (SSSR count). The number of halogens is 1. The topological polar surface area (TPSA) is 77.1 Å². The number of carbonyl (C=O) groups excluding carboxylic acids is 1. The third-order valence-corrected chi connectivity index (χ3v) is 5.66. The van der Waals surface area contributed by atoms with E-state index in [4.69, 9.17) is 11.6 Å². The van der Waals surface area contributed by atoms with Crippen LogP contribution in [0.2, 0.25) is 5.02 Å². The van der Waals surface area contributed by atoms with Crippen LogP contribution in [-0.2, 0) is 6.54 Å². The highest BCUT2D eigenvalue weighted by molar-refractivity contribution is 7.13. The number of amides is 1. The molecule has 0 bridgehead atoms. The lowest BCUT2D eigenvalue weighted by Gasteiger charge is -2.04. The molecule has 0 atom stereocenters. The third kappa shape index (κ3) is 3.58. The van der Waals surface area contributed by atoms with Gasteiger partial charge in [0.1, 0.15) is 5.56 Å². The molecule has 1 N–H and O–H groups in total. The first-order valence-electron chi connectivity index (χ1n) is 9.13. The Kier molecular flexibility index (Phi) is 4.78. The minimum Gasteiger partial charge on any atom is -0.305 e. The average molecular weight is 435 g/mol. The van der Waals surface area contributed by atoms with Crippen molar-refractivity contribution in [2.24, 2.45) is 0 Å². The van der Waals surface area contributed by atoms with Crippen molar-refractivity contribution in [3.63, 3.8) is 0 Å². The Balaban J connectivity index is 1.37. The molecule has 0 aliphatic rings. The van der Waals surface area contributed by atoms with E-state index in [2.05, 4.69) is 20.5 Å². The third-order valence-electron chi connectivity index (χ3n) is 4.54. The second-order valence-corrected chi connectivity index (χ2v) is 7.97. The molecule has 1 aromatic carbocycles. The highest BCUT2D eigenvalue weighted by Crippen LogP contribution is 2.25. The Morgan fingerprint density at radius 2 is 2.10 bits per heavy atom. The molecular weight excluding hydrogens is 420 g/mol. The van der Waals surface area contributed by atoms with Crippen LogP contribution in [0.15, 0.2) is 72.5 Å². The van der Waals surface area contributed by atoms with Crippen molar-refractivity contribution in [3.8, 4) is 10.6 Å². The average Bonchev–Trinajstić information content (AvgIpc) is 3.49. The van der Waals surface area contributed by atoms with E-state index in [1.165, 1.54) is 6.20 Å². The summed E-state index contributed by atoms with van der Waals surface area (Å²) in [5.41, 5.74) is 2.80. The molecule has 0 unspecified atom stereocenters. The molecule has 30 heavy (non-hydrogen) atoms. The van der Waals surface area contributed by atoms with Crippen LogP contribution in [-0.4, -0.2) is 30.3 Å². The van der Waals surface area contributed by atoms with Crippen molar-refractivity contribution in [2.45, 2.75) is 6.54 Å². The number of thiophene rings is 1. The van der Waals surface area contributed by atoms with Gasteiger partial charge in [0.2, 0.25) is 0 Å². The molecule has 0 fully saturated rings. The van der Waals surface area contributed by atoms with Gasteiger partial charge in [-0.25, -0.2) is 9.50 Å². The number of nitrogens with zero attached hydrogens (tertiary/aromatic N) is 5. The van der Waals surface area contributed by atoms with Gasteiger partial charge in [-0.1, -0.05) is 29.8 Å². The highest BCUT2D eigenvalue weighted by atomic mass is 35.5. The molecule has 0 spiro atoms. The van der Waals surface area contributed by atoms with E-state index in [-0.39, 0.29) is 5.91 Å². The van der Waals surface area contributed by atoms with Gasteiger partial charge in [-0.05, 0) is 35.2 Å². The summed E-state index contributed by atoms with van der Waals surface area (Å²) in [6.45, 7) is 0.554. The minimum atomic E-state index is -0.311. The predicted octanol–water partition coefficient (Wildman–Crippen LogP) is 4.61. The van der Waals surface area contributed by atoms with E-state index < -0.39 is 0 Å². The van der Waals surface area contributed by atoms with Gasteiger partial charge in [0, 0.05) is 23.5 Å². The highest BCUT2D eigenvalue weighted by Gasteiger charge is 2.17. The molecule has 5 aromatic rings. The Morgan fingerprint density at radius 3 is 2.93 bits per heavy atom. The Hall–Kier alpha value is -3.49. The fourth-order valence-corrected chi connectivity index (χ4v) is 4.13. The van der Waals surface area contributed by atoms with E-state index in [0.717, 1.165) is 16.1 Å². The van der Waals surface area contributed by atoms with Crippen LogP contribution >= 0.6 is 22.9 Å². The van der Waals surface area contributed by atoms with Gasteiger partial charge in [0.25, 0.3) is 5.91 Å². The second-order valence-electron chi connectivity index (χ2n) is 6.58. The lowest BCUT2D eigenvalue weighted by molar-refractivity contribution is 0.102. The van der Waals surface area contributed by atoms with Crippen molar-refractivity contribution in [1.82, 2.24) is 24.4 Å². The van der Waals surface area contributed by atoms with Crippen LogP contribution in [0.4, 0.5) is 5.82 Å². The van der Waals surface area contributed by atoms with E-state index in [0.29, 0.717) is 28.6 Å². The van der Waals surface area contributed by atoms with Gasteiger partial charge < -0.3 is 5.32 Å². The zero-order valence-electron chi connectivity index (χ0n) is 15.6. The van der Waals surface area contributed by atoms with E-state index in [1.807, 2.05) is 47.8 Å². The molecule has 0 saturated carbocycles. The van der Waals surface area contributed by atoms with Crippen LogP contribution in [0.1, 0.15) is 15.9 Å². The number of nitrogens with one attached hydrogen (secondary N) is 1. The molecule has 4 heterocycles. The zero-order chi connectivity index (χ0) is 20.5. The van der Waals surface area contributed by atoms with Crippen LogP contribution in [0, 0.1) is 0 Å². The first kappa shape index (κ1) is 18.5. The van der Waals surface area contributed by atoms with Gasteiger partial charge >= 0.3 is 0 Å². The van der Waals surface area contributed by atoms with Crippen molar-refractivity contribution >= 4 is 40.3 Å². The molecule has 0 radical (unpaired) electrons. The fraction of sp³-hybridized carbons (Fsp3) is 0.0476. The monoisotopic (exact) mass is 434 g/mol. The predicted molar refractivity (Wildman–Crippen MR) is 117 cm³/mol. The van der Waals surface area contributed by atoms with Crippen molar-refractivity contribution in [2.75, 3.05) is 5.32 Å². The van der Waals surface area contributed by atoms with E-state index in [9.17, 15) is 4.79 Å². The number of fused-ring (bicyclic) bond motifs is 1. The number of hydrogen-bond acceptors (Lipinski definition) is 5. The number of benzene rings is 1. The first-order chi connectivity index (χ1) is 14.7. The quantitative estimate of drug-likeness (QED) is 0.438. The maximum atomic E-state index is 12.8. The van der Waals surface area contributed by atoms with Gasteiger partial charge in [0.15, 0.2) is 11.5 Å². The smallest absolute Gasteiger partial charge is 0.262 e. The number of anilines is 1. The SMILES string of the molecule is O=C(Nc1ccn(Cc2cccc(Cl)c2)n1)c1cnn2c(-c3cccs3)ccnc12. The van der Waals surface area contributed by atoms with Crippen LogP contribution in [0.3, 0.4) is 0 Å². The summed E-state index contributed by atoms with van der Waals surface area (Å²) in [5.74, 6) is 0.143. The summed E-state index contributed by atoms with van der Waals surface area (Å²) in [5, 5.41) is 14.3. The maximum absolute atomic E-state index is 12.8. The molecule has 0 aliphatic heterocycles. The molecule has 9 heteroatoms. The number of hydrogen-bond donors (Lipinski definition) is 1. The molecule has 4 aromatic heterocycles. The lowest BCUT2D eigenvalue weighted by atomic mass is 10.2. The minimum absolute atomic E-state index is 0.311. The molecule has 148 valence electrons. The van der Waals surface area contributed by atoms with Crippen molar-refractivity contribution in [1.29, 1.82) is 0 Å². The molecule has 7 nitrogen and oxygen atoms in total. The fourth-order valence-electron chi connectivity index (χ4n) is 3.19. The lowest BCUT2D eigenvalue weighted by Crippen LogP contribution is -2.13. The number of rotatable bonds is 5. The Morgan fingerprint density at radius 1 is 1.17 bits per heavy atom. The van der Waals surface area contributed by atoms with E-state index in [1.54, 1.807) is 39.0 Å². The number of carbonyl (C=O) groups is 1. The van der Waals surface area contributed by atoms with E-state index >= 15 is 0 Å². The normalized spacial score (nSPS) is 11.1. The second kappa shape index (κ2) is 7.74. The van der Waals surface area contributed by atoms with Crippen LogP contribution < -0.4 is 5.32 Å². The van der Waals surface area contributed by atoms with Gasteiger partial charge in [0.05, 0.1) is 23.3 Å². The Bertz CT molecular complexity index is 1340. The standard InChI is InChI=1S/C21H15ClN6OS/c22-15-4-1-3-14(11-15)13-27-9-7-19(26-27)25-21(29)16-12-24-28-17(6-8-23-20(16)28)18-5-2-10-30-18/h1-12H,13H2,(H,25,26,29). The maximum Gasteiger partial charge on any atom is 0.262 e. The number of aromatic nitrogens is 5. The summed E-state index contributed by atoms with van der Waals surface area (Å²) in [6, 6.07) is 15.2. The Labute approximate surface area is 180 Å². The van der Waals surface area contributed by atoms with Gasteiger partial charge in [-0.3, -0.25) is 9.48 Å². The summed E-state index contributed by atoms with van der Waals surface area (Å²) >= 11 is 7.64. The first-order valence-corrected chi connectivity index (χ1v) is 10.4. The van der Waals surface area contributed by atoms with Gasteiger partial charge in [-0.2, -0.15) is 10.2 Å². The molecule has 0 saturated heterocycles. The van der Waals surface area contributed by atoms with Crippen LogP contribution in [0.5, 0.6) is 0 Å². The summed E-state index contributed by atoms with van der Waals surface area (Å²) in [4.78, 5) is 18.2. The summed E-state index contributed by atoms with van der Waals surface area (Å²) < 4.78 is 3.42.